The van der Waals surface area contributed by atoms with Crippen molar-refractivity contribution in [3.8, 4) is 5.75 Å². The fourth-order valence-corrected chi connectivity index (χ4v) is 4.78. The molecular formula is C26H22N4O5S. The van der Waals surface area contributed by atoms with Crippen LogP contribution in [0.1, 0.15) is 5.56 Å². The molecule has 5 rings (SSSR count). The Morgan fingerprint density at radius 1 is 1.03 bits per heavy atom. The van der Waals surface area contributed by atoms with Gasteiger partial charge in [0.2, 0.25) is 5.91 Å². The average molecular weight is 503 g/mol. The molecule has 3 amide bonds. The number of carbonyl (C=O) groups excluding carboxylic acids is 3. The minimum absolute atomic E-state index is 0.0738. The van der Waals surface area contributed by atoms with Crippen LogP contribution in [-0.2, 0) is 14.3 Å². The van der Waals surface area contributed by atoms with Gasteiger partial charge in [0, 0.05) is 24.0 Å². The van der Waals surface area contributed by atoms with Crippen LogP contribution < -0.4 is 0 Å². The third kappa shape index (κ3) is 5.00. The fraction of sp³-hybridized carbons (Fsp3) is 0.192. The van der Waals surface area contributed by atoms with Crippen molar-refractivity contribution in [2.45, 2.75) is 0 Å². The maximum atomic E-state index is 12.9. The molecule has 0 aliphatic carbocycles. The Morgan fingerprint density at radius 3 is 2.64 bits per heavy atom. The third-order valence-corrected chi connectivity index (χ3v) is 6.78. The van der Waals surface area contributed by atoms with Gasteiger partial charge in [0.15, 0.2) is 0 Å². The van der Waals surface area contributed by atoms with Gasteiger partial charge in [-0.05, 0) is 47.5 Å². The van der Waals surface area contributed by atoms with Crippen molar-refractivity contribution in [3.63, 3.8) is 0 Å². The second kappa shape index (κ2) is 10.3. The Balaban J connectivity index is 1.34. The van der Waals surface area contributed by atoms with E-state index in [1.54, 1.807) is 17.0 Å². The first kappa shape index (κ1) is 23.7. The summed E-state index contributed by atoms with van der Waals surface area (Å²) < 4.78 is 5.24. The van der Waals surface area contributed by atoms with Crippen molar-refractivity contribution >= 4 is 57.0 Å². The highest BCUT2D eigenvalue weighted by Crippen LogP contribution is 2.35. The number of phenols is 1. The van der Waals surface area contributed by atoms with Gasteiger partial charge in [-0.2, -0.15) is 5.11 Å². The smallest absolute Gasteiger partial charge is 0.294 e. The highest BCUT2D eigenvalue weighted by molar-refractivity contribution is 8.18. The number of phenolic OH excluding ortho intramolecular Hbond substituents is 1. The summed E-state index contributed by atoms with van der Waals surface area (Å²) in [5, 5.41) is 20.5. The van der Waals surface area contributed by atoms with Crippen molar-refractivity contribution in [2.75, 3.05) is 32.8 Å². The SMILES string of the molecule is O=C(CN1C(=O)S/C(=C\c2cc(N=Nc3cccc4ccccc34)ccc2O)C1=O)N1CCOCC1. The normalized spacial score (nSPS) is 17.6. The predicted octanol–water partition coefficient (Wildman–Crippen LogP) is 4.86. The molecule has 0 bridgehead atoms. The number of benzene rings is 3. The zero-order chi connectivity index (χ0) is 25.1. The maximum Gasteiger partial charge on any atom is 0.294 e. The second-order valence-electron chi connectivity index (χ2n) is 8.20. The second-order valence-corrected chi connectivity index (χ2v) is 9.20. The first-order chi connectivity index (χ1) is 17.5. The first-order valence-corrected chi connectivity index (χ1v) is 12.1. The maximum absolute atomic E-state index is 12.9. The minimum Gasteiger partial charge on any atom is -0.507 e. The number of carbonyl (C=O) groups is 3. The zero-order valence-electron chi connectivity index (χ0n) is 19.2. The lowest BCUT2D eigenvalue weighted by molar-refractivity contribution is -0.139. The lowest BCUT2D eigenvalue weighted by atomic mass is 10.1. The van der Waals surface area contributed by atoms with E-state index < -0.39 is 11.1 Å². The molecule has 2 fully saturated rings. The number of fused-ring (bicyclic) bond motifs is 1. The van der Waals surface area contributed by atoms with Crippen molar-refractivity contribution in [3.05, 3.63) is 71.1 Å². The number of ether oxygens (including phenoxy) is 1. The molecule has 2 aliphatic heterocycles. The summed E-state index contributed by atoms with van der Waals surface area (Å²) in [7, 11) is 0. The van der Waals surface area contributed by atoms with Crippen LogP contribution in [0.2, 0.25) is 0 Å². The van der Waals surface area contributed by atoms with Gasteiger partial charge >= 0.3 is 0 Å². The average Bonchev–Trinajstić information content (AvgIpc) is 3.16. The van der Waals surface area contributed by atoms with Crippen molar-refractivity contribution < 1.29 is 24.2 Å². The van der Waals surface area contributed by atoms with Crippen LogP contribution in [0.25, 0.3) is 16.8 Å². The quantitative estimate of drug-likeness (QED) is 0.394. The summed E-state index contributed by atoms with van der Waals surface area (Å²) >= 11 is 0.729. The Bertz CT molecular complexity index is 1410. The van der Waals surface area contributed by atoms with E-state index in [1.165, 1.54) is 12.1 Å². The summed E-state index contributed by atoms with van der Waals surface area (Å²) in [6.45, 7) is 1.40. The zero-order valence-corrected chi connectivity index (χ0v) is 20.0. The number of imide groups is 1. The number of azo groups is 1. The van der Waals surface area contributed by atoms with E-state index in [0.29, 0.717) is 43.2 Å². The lowest BCUT2D eigenvalue weighted by Crippen LogP contribution is -2.46. The fourth-order valence-electron chi connectivity index (χ4n) is 3.95. The molecule has 0 saturated carbocycles. The van der Waals surface area contributed by atoms with Crippen LogP contribution in [0.5, 0.6) is 5.75 Å². The molecule has 0 aromatic heterocycles. The van der Waals surface area contributed by atoms with Gasteiger partial charge in [0.1, 0.15) is 12.3 Å². The summed E-state index contributed by atoms with van der Waals surface area (Å²) in [5.74, 6) is -0.954. The number of nitrogens with zero attached hydrogens (tertiary/aromatic N) is 4. The van der Waals surface area contributed by atoms with Crippen LogP contribution in [0.4, 0.5) is 16.2 Å². The Hall–Kier alpha value is -4.02. The third-order valence-electron chi connectivity index (χ3n) is 5.87. The van der Waals surface area contributed by atoms with E-state index >= 15 is 0 Å². The molecule has 10 heteroatoms. The highest BCUT2D eigenvalue weighted by atomic mass is 32.2. The van der Waals surface area contributed by atoms with E-state index in [9.17, 15) is 19.5 Å². The molecule has 182 valence electrons. The summed E-state index contributed by atoms with van der Waals surface area (Å²) in [6.07, 6.45) is 1.43. The summed E-state index contributed by atoms with van der Waals surface area (Å²) in [5.41, 5.74) is 1.48. The molecule has 2 saturated heterocycles. The molecule has 0 radical (unpaired) electrons. The molecule has 1 N–H and O–H groups in total. The molecule has 2 aliphatic rings. The Kier molecular flexibility index (Phi) is 6.79. The predicted molar refractivity (Wildman–Crippen MR) is 136 cm³/mol. The molecule has 9 nitrogen and oxygen atoms in total. The van der Waals surface area contributed by atoms with E-state index in [1.807, 2.05) is 42.5 Å². The van der Waals surface area contributed by atoms with E-state index in [2.05, 4.69) is 10.2 Å². The number of hydrogen-bond acceptors (Lipinski definition) is 8. The lowest BCUT2D eigenvalue weighted by Gasteiger charge is -2.28. The number of rotatable bonds is 5. The van der Waals surface area contributed by atoms with E-state index in [-0.39, 0.29) is 23.1 Å². The van der Waals surface area contributed by atoms with Gasteiger partial charge < -0.3 is 14.7 Å². The number of hydrogen-bond donors (Lipinski definition) is 1. The van der Waals surface area contributed by atoms with Crippen molar-refractivity contribution in [1.82, 2.24) is 9.80 Å². The van der Waals surface area contributed by atoms with Crippen LogP contribution in [0, 0.1) is 0 Å². The van der Waals surface area contributed by atoms with Gasteiger partial charge in [0.05, 0.1) is 29.5 Å². The van der Waals surface area contributed by atoms with Crippen LogP contribution in [0.3, 0.4) is 0 Å². The van der Waals surface area contributed by atoms with Gasteiger partial charge in [-0.3, -0.25) is 19.3 Å². The summed E-state index contributed by atoms with van der Waals surface area (Å²) in [6, 6.07) is 18.2. The van der Waals surface area contributed by atoms with Gasteiger partial charge in [0.25, 0.3) is 11.1 Å². The van der Waals surface area contributed by atoms with Gasteiger partial charge in [-0.15, -0.1) is 5.11 Å². The van der Waals surface area contributed by atoms with E-state index in [0.717, 1.165) is 27.4 Å². The molecular weight excluding hydrogens is 480 g/mol. The number of amides is 3. The number of thioether (sulfide) groups is 1. The number of morpholine rings is 1. The van der Waals surface area contributed by atoms with Gasteiger partial charge in [-0.1, -0.05) is 36.4 Å². The molecule has 0 atom stereocenters. The molecule has 2 heterocycles. The minimum atomic E-state index is -0.575. The van der Waals surface area contributed by atoms with Crippen LogP contribution in [0.15, 0.2) is 75.8 Å². The van der Waals surface area contributed by atoms with Gasteiger partial charge in [-0.25, -0.2) is 0 Å². The monoisotopic (exact) mass is 502 g/mol. The number of aromatic hydroxyl groups is 1. The van der Waals surface area contributed by atoms with E-state index in [4.69, 9.17) is 4.74 Å². The van der Waals surface area contributed by atoms with Crippen LogP contribution >= 0.6 is 11.8 Å². The standard InChI is InChI=1S/C26H22N4O5S/c31-22-9-8-19(27-28-21-7-3-5-17-4-1-2-6-20(17)21)14-18(22)15-23-25(33)30(26(34)36-23)16-24(32)29-10-12-35-13-11-29/h1-9,14-15,31H,10-13,16H2/b23-15-,28-27?. The first-order valence-electron chi connectivity index (χ1n) is 11.3. The molecule has 36 heavy (non-hydrogen) atoms. The Morgan fingerprint density at radius 2 is 1.81 bits per heavy atom. The van der Waals surface area contributed by atoms with Crippen LogP contribution in [-0.4, -0.2) is 64.8 Å². The van der Waals surface area contributed by atoms with Crippen molar-refractivity contribution in [2.24, 2.45) is 10.2 Å². The molecule has 3 aromatic carbocycles. The van der Waals surface area contributed by atoms with Crippen molar-refractivity contribution in [1.29, 1.82) is 0 Å². The topological polar surface area (TPSA) is 112 Å². The molecule has 3 aromatic rings. The highest BCUT2D eigenvalue weighted by Gasteiger charge is 2.37. The molecule has 0 spiro atoms. The molecule has 0 unspecified atom stereocenters. The Labute approximate surface area is 211 Å². The summed E-state index contributed by atoms with van der Waals surface area (Å²) in [4.78, 5) is 40.5. The largest absolute Gasteiger partial charge is 0.507 e.